The number of ether oxygens (including phenoxy) is 1. The number of carboxylic acids is 1. The van der Waals surface area contributed by atoms with E-state index in [1.807, 2.05) is 18.4 Å². The number of hydrogen-bond donors (Lipinski definition) is 2. The van der Waals surface area contributed by atoms with Gasteiger partial charge in [-0.3, -0.25) is 4.79 Å². The Morgan fingerprint density at radius 2 is 2.30 bits per heavy atom. The fourth-order valence-electron chi connectivity index (χ4n) is 1.62. The molecule has 1 aromatic heterocycles. The summed E-state index contributed by atoms with van der Waals surface area (Å²) >= 11 is 1.53. The van der Waals surface area contributed by atoms with E-state index in [1.165, 1.54) is 17.4 Å². The second-order valence-corrected chi connectivity index (χ2v) is 5.28. The molecule has 0 aromatic carbocycles. The Balaban J connectivity index is 2.51. The molecule has 0 aliphatic heterocycles. The molecule has 0 aliphatic rings. The molecule has 1 atom stereocenters. The van der Waals surface area contributed by atoms with E-state index in [1.54, 1.807) is 13.2 Å². The van der Waals surface area contributed by atoms with Crippen LogP contribution in [0.4, 0.5) is 0 Å². The van der Waals surface area contributed by atoms with E-state index < -0.39 is 17.9 Å². The molecule has 1 aromatic rings. The summed E-state index contributed by atoms with van der Waals surface area (Å²) in [7, 11) is 1.56. The number of methoxy groups -OCH3 is 1. The van der Waals surface area contributed by atoms with Crippen LogP contribution in [0.3, 0.4) is 0 Å². The fourth-order valence-corrected chi connectivity index (χ4v) is 2.43. The van der Waals surface area contributed by atoms with Crippen LogP contribution in [0.25, 0.3) is 6.08 Å². The van der Waals surface area contributed by atoms with Gasteiger partial charge in [0.1, 0.15) is 6.04 Å². The highest BCUT2D eigenvalue weighted by Crippen LogP contribution is 2.16. The summed E-state index contributed by atoms with van der Waals surface area (Å²) in [4.78, 5) is 23.7. The van der Waals surface area contributed by atoms with Crippen LogP contribution in [0.2, 0.25) is 0 Å². The smallest absolute Gasteiger partial charge is 0.326 e. The molecule has 0 fully saturated rings. The molecule has 0 radical (unpaired) electrons. The van der Waals surface area contributed by atoms with Gasteiger partial charge in [-0.2, -0.15) is 0 Å². The minimum absolute atomic E-state index is 0.348. The van der Waals surface area contributed by atoms with Crippen molar-refractivity contribution >= 4 is 29.3 Å². The number of carboxylic acid groups (broad SMARTS) is 1. The second-order valence-electron chi connectivity index (χ2n) is 4.34. The van der Waals surface area contributed by atoms with E-state index in [4.69, 9.17) is 9.84 Å². The number of thiophene rings is 1. The molecule has 0 saturated carbocycles. The standard InChI is InChI=1S/C14H19NO4S/c1-10-7-9-20-12(10)5-6-13(16)15-11(14(17)18)4-3-8-19-2/h5-7,9,11H,3-4,8H2,1-2H3,(H,15,16)(H,17,18)/b6-5+. The molecule has 1 amide bonds. The van der Waals surface area contributed by atoms with Gasteiger partial charge in [-0.05, 0) is 42.9 Å². The molecule has 20 heavy (non-hydrogen) atoms. The monoisotopic (exact) mass is 297 g/mol. The van der Waals surface area contributed by atoms with E-state index in [0.29, 0.717) is 19.4 Å². The van der Waals surface area contributed by atoms with Gasteiger partial charge in [0, 0.05) is 24.7 Å². The van der Waals surface area contributed by atoms with Crippen molar-refractivity contribution in [1.82, 2.24) is 5.32 Å². The molecule has 0 spiro atoms. The Bertz CT molecular complexity index is 481. The summed E-state index contributed by atoms with van der Waals surface area (Å²) in [6, 6.07) is 1.08. The lowest BCUT2D eigenvalue weighted by Gasteiger charge is -2.12. The lowest BCUT2D eigenvalue weighted by Crippen LogP contribution is -2.40. The summed E-state index contributed by atoms with van der Waals surface area (Å²) < 4.78 is 4.87. The molecule has 5 nitrogen and oxygen atoms in total. The van der Waals surface area contributed by atoms with Gasteiger partial charge in [0.15, 0.2) is 0 Å². The third kappa shape index (κ3) is 5.54. The molecule has 6 heteroatoms. The molecule has 1 rings (SSSR count). The van der Waals surface area contributed by atoms with Crippen molar-refractivity contribution in [2.24, 2.45) is 0 Å². The number of nitrogens with one attached hydrogen (secondary N) is 1. The average molecular weight is 297 g/mol. The first-order valence-corrected chi connectivity index (χ1v) is 7.17. The maximum Gasteiger partial charge on any atom is 0.326 e. The average Bonchev–Trinajstić information content (AvgIpc) is 2.81. The predicted molar refractivity (Wildman–Crippen MR) is 78.8 cm³/mol. The number of carbonyl (C=O) groups excluding carboxylic acids is 1. The Hall–Kier alpha value is -1.66. The normalized spacial score (nSPS) is 12.5. The molecule has 0 bridgehead atoms. The Morgan fingerprint density at radius 1 is 1.55 bits per heavy atom. The Kier molecular flexibility index (Phi) is 6.97. The van der Waals surface area contributed by atoms with Gasteiger partial charge in [0.25, 0.3) is 0 Å². The van der Waals surface area contributed by atoms with E-state index in [2.05, 4.69) is 5.32 Å². The third-order valence-corrected chi connectivity index (χ3v) is 3.73. The molecule has 0 saturated heterocycles. The van der Waals surface area contributed by atoms with Gasteiger partial charge < -0.3 is 15.2 Å². The molecular weight excluding hydrogens is 278 g/mol. The fraction of sp³-hybridized carbons (Fsp3) is 0.429. The van der Waals surface area contributed by atoms with E-state index in [9.17, 15) is 9.59 Å². The molecular formula is C14H19NO4S. The number of amides is 1. The maximum atomic E-state index is 11.7. The predicted octanol–water partition coefficient (Wildman–Crippen LogP) is 2.07. The topological polar surface area (TPSA) is 75.6 Å². The van der Waals surface area contributed by atoms with Crippen LogP contribution in [0.1, 0.15) is 23.3 Å². The van der Waals surface area contributed by atoms with Crippen molar-refractivity contribution in [1.29, 1.82) is 0 Å². The van der Waals surface area contributed by atoms with Gasteiger partial charge in [0.05, 0.1) is 0 Å². The first-order valence-electron chi connectivity index (χ1n) is 6.29. The molecule has 2 N–H and O–H groups in total. The molecule has 1 heterocycles. The lowest BCUT2D eigenvalue weighted by molar-refractivity contribution is -0.141. The zero-order valence-electron chi connectivity index (χ0n) is 11.6. The summed E-state index contributed by atoms with van der Waals surface area (Å²) in [5, 5.41) is 13.5. The number of rotatable bonds is 8. The lowest BCUT2D eigenvalue weighted by atomic mass is 10.1. The van der Waals surface area contributed by atoms with Crippen LogP contribution in [0.5, 0.6) is 0 Å². The quantitative estimate of drug-likeness (QED) is 0.569. The van der Waals surface area contributed by atoms with Gasteiger partial charge in [-0.1, -0.05) is 0 Å². The maximum absolute atomic E-state index is 11.7. The number of carbonyl (C=O) groups is 2. The SMILES string of the molecule is COCCCC(NC(=O)/C=C/c1sccc1C)C(=O)O. The van der Waals surface area contributed by atoms with Gasteiger partial charge in [0.2, 0.25) is 5.91 Å². The summed E-state index contributed by atoms with van der Waals surface area (Å²) in [5.74, 6) is -1.43. The van der Waals surface area contributed by atoms with Crippen LogP contribution in [0, 0.1) is 6.92 Å². The number of aliphatic carboxylic acids is 1. The number of hydrogen-bond acceptors (Lipinski definition) is 4. The van der Waals surface area contributed by atoms with Crippen molar-refractivity contribution in [3.8, 4) is 0 Å². The van der Waals surface area contributed by atoms with Crippen LogP contribution in [-0.4, -0.2) is 36.7 Å². The van der Waals surface area contributed by atoms with Crippen LogP contribution in [-0.2, 0) is 14.3 Å². The van der Waals surface area contributed by atoms with Gasteiger partial charge in [-0.15, -0.1) is 11.3 Å². The minimum atomic E-state index is -1.03. The largest absolute Gasteiger partial charge is 0.480 e. The molecule has 1 unspecified atom stereocenters. The van der Waals surface area contributed by atoms with Crippen molar-refractivity contribution < 1.29 is 19.4 Å². The zero-order chi connectivity index (χ0) is 15.0. The van der Waals surface area contributed by atoms with E-state index in [0.717, 1.165) is 10.4 Å². The first-order chi connectivity index (χ1) is 9.54. The van der Waals surface area contributed by atoms with Crippen molar-refractivity contribution in [3.63, 3.8) is 0 Å². The third-order valence-electron chi connectivity index (χ3n) is 2.74. The highest BCUT2D eigenvalue weighted by atomic mass is 32.1. The van der Waals surface area contributed by atoms with Crippen molar-refractivity contribution in [3.05, 3.63) is 28.0 Å². The minimum Gasteiger partial charge on any atom is -0.480 e. The Labute approximate surface area is 122 Å². The second kappa shape index (κ2) is 8.50. The first kappa shape index (κ1) is 16.4. The molecule has 0 aliphatic carbocycles. The van der Waals surface area contributed by atoms with E-state index >= 15 is 0 Å². The van der Waals surface area contributed by atoms with Crippen LogP contribution >= 0.6 is 11.3 Å². The molecule has 110 valence electrons. The van der Waals surface area contributed by atoms with Crippen LogP contribution < -0.4 is 5.32 Å². The summed E-state index contributed by atoms with van der Waals surface area (Å²) in [6.07, 6.45) is 4.00. The van der Waals surface area contributed by atoms with Gasteiger partial charge in [-0.25, -0.2) is 4.79 Å². The number of aryl methyl sites for hydroxylation is 1. The Morgan fingerprint density at radius 3 is 2.85 bits per heavy atom. The van der Waals surface area contributed by atoms with E-state index in [-0.39, 0.29) is 0 Å². The summed E-state index contributed by atoms with van der Waals surface area (Å²) in [6.45, 7) is 2.43. The van der Waals surface area contributed by atoms with Crippen LogP contribution in [0.15, 0.2) is 17.5 Å². The summed E-state index contributed by atoms with van der Waals surface area (Å²) in [5.41, 5.74) is 1.09. The highest BCUT2D eigenvalue weighted by Gasteiger charge is 2.18. The highest BCUT2D eigenvalue weighted by molar-refractivity contribution is 7.11. The van der Waals surface area contributed by atoms with Crippen molar-refractivity contribution in [2.75, 3.05) is 13.7 Å². The zero-order valence-corrected chi connectivity index (χ0v) is 12.4. The van der Waals surface area contributed by atoms with Crippen molar-refractivity contribution in [2.45, 2.75) is 25.8 Å². The van der Waals surface area contributed by atoms with Gasteiger partial charge >= 0.3 is 5.97 Å².